The Bertz CT molecular complexity index is 1100. The van der Waals surface area contributed by atoms with Crippen LogP contribution in [0.15, 0.2) is 42.5 Å². The Morgan fingerprint density at radius 1 is 1.03 bits per heavy atom. The molecule has 0 unspecified atom stereocenters. The minimum Gasteiger partial charge on any atom is -0.326 e. The van der Waals surface area contributed by atoms with Gasteiger partial charge in [0.05, 0.1) is 6.04 Å². The second kappa shape index (κ2) is 8.37. The minimum absolute atomic E-state index is 0.0354. The van der Waals surface area contributed by atoms with E-state index in [9.17, 15) is 13.2 Å². The Balaban J connectivity index is 1.86. The number of rotatable bonds is 4. The molecule has 7 heteroatoms. The van der Waals surface area contributed by atoms with Gasteiger partial charge in [-0.15, -0.1) is 0 Å². The van der Waals surface area contributed by atoms with Gasteiger partial charge in [0.15, 0.2) is 0 Å². The van der Waals surface area contributed by atoms with E-state index in [1.165, 1.54) is 5.56 Å². The monoisotopic (exact) mass is 441 g/mol. The van der Waals surface area contributed by atoms with Gasteiger partial charge in [-0.1, -0.05) is 61.7 Å². The van der Waals surface area contributed by atoms with Crippen LogP contribution in [0.5, 0.6) is 0 Å². The Labute approximate surface area is 185 Å². The van der Waals surface area contributed by atoms with Crippen molar-refractivity contribution in [1.82, 2.24) is 9.62 Å². The highest BCUT2D eigenvalue weighted by molar-refractivity contribution is 7.87. The molecule has 1 amide bonds. The van der Waals surface area contributed by atoms with Crippen LogP contribution in [-0.4, -0.2) is 31.3 Å². The quantitative estimate of drug-likeness (QED) is 0.758. The number of amides is 1. The zero-order valence-electron chi connectivity index (χ0n) is 18.3. The standard InChI is InChI=1S/C24H31N3O3S/c1-15-12-13-18(16(2)14-15)23-17(3)19-8-4-5-9-20(19)24(28)27(23)22-11-7-6-10-21(22)26-31(25,29)30/h4-5,8-9,12-14,17,21-23,26H,6-7,10-11H2,1-3H3,(H2,25,29,30)/t17-,21+,22+,23-/m1/s1. The van der Waals surface area contributed by atoms with Crippen LogP contribution in [-0.2, 0) is 10.2 Å². The number of carbonyl (C=O) groups is 1. The summed E-state index contributed by atoms with van der Waals surface area (Å²) in [5, 5.41) is 5.34. The fourth-order valence-corrected chi connectivity index (χ4v) is 6.19. The summed E-state index contributed by atoms with van der Waals surface area (Å²) in [5.41, 5.74) is 5.17. The van der Waals surface area contributed by atoms with Crippen molar-refractivity contribution in [3.63, 3.8) is 0 Å². The van der Waals surface area contributed by atoms with Crippen molar-refractivity contribution in [3.05, 3.63) is 70.3 Å². The maximum absolute atomic E-state index is 13.9. The Morgan fingerprint density at radius 2 is 1.74 bits per heavy atom. The molecule has 4 atom stereocenters. The number of hydrogen-bond donors (Lipinski definition) is 2. The second-order valence-corrected chi connectivity index (χ2v) is 10.3. The number of nitrogens with one attached hydrogen (secondary N) is 1. The van der Waals surface area contributed by atoms with Crippen molar-refractivity contribution in [1.29, 1.82) is 0 Å². The van der Waals surface area contributed by atoms with E-state index >= 15 is 0 Å². The van der Waals surface area contributed by atoms with Crippen LogP contribution in [0.25, 0.3) is 0 Å². The molecule has 166 valence electrons. The number of nitrogens with two attached hydrogens (primary N) is 1. The third-order valence-corrected chi connectivity index (χ3v) is 7.47. The number of aryl methyl sites for hydroxylation is 2. The molecule has 2 aromatic rings. The molecular weight excluding hydrogens is 410 g/mol. The molecule has 31 heavy (non-hydrogen) atoms. The molecule has 0 radical (unpaired) electrons. The van der Waals surface area contributed by atoms with Gasteiger partial charge in [0.25, 0.3) is 16.1 Å². The van der Waals surface area contributed by atoms with Crippen LogP contribution in [0, 0.1) is 13.8 Å². The van der Waals surface area contributed by atoms with E-state index in [1.54, 1.807) is 0 Å². The van der Waals surface area contributed by atoms with Crippen LogP contribution >= 0.6 is 0 Å². The molecule has 1 aliphatic carbocycles. The van der Waals surface area contributed by atoms with Crippen LogP contribution in [0.3, 0.4) is 0 Å². The largest absolute Gasteiger partial charge is 0.326 e. The molecule has 0 spiro atoms. The van der Waals surface area contributed by atoms with E-state index in [4.69, 9.17) is 5.14 Å². The van der Waals surface area contributed by atoms with Gasteiger partial charge in [-0.3, -0.25) is 4.79 Å². The molecule has 4 rings (SSSR count). The summed E-state index contributed by atoms with van der Waals surface area (Å²) < 4.78 is 26.4. The molecular formula is C24H31N3O3S. The molecule has 2 aromatic carbocycles. The minimum atomic E-state index is -3.87. The zero-order chi connectivity index (χ0) is 22.3. The average molecular weight is 442 g/mol. The van der Waals surface area contributed by atoms with Gasteiger partial charge in [-0.05, 0) is 49.4 Å². The number of fused-ring (bicyclic) bond motifs is 1. The summed E-state index contributed by atoms with van der Waals surface area (Å²) in [7, 11) is -3.87. The maximum atomic E-state index is 13.9. The normalized spacial score (nSPS) is 26.6. The van der Waals surface area contributed by atoms with E-state index in [-0.39, 0.29) is 23.9 Å². The molecule has 1 saturated carbocycles. The van der Waals surface area contributed by atoms with E-state index in [0.29, 0.717) is 12.0 Å². The summed E-state index contributed by atoms with van der Waals surface area (Å²) in [4.78, 5) is 15.8. The Kier molecular flexibility index (Phi) is 5.94. The van der Waals surface area contributed by atoms with Crippen LogP contribution < -0.4 is 9.86 Å². The van der Waals surface area contributed by atoms with Gasteiger partial charge >= 0.3 is 0 Å². The van der Waals surface area contributed by atoms with Crippen molar-refractivity contribution in [2.75, 3.05) is 0 Å². The van der Waals surface area contributed by atoms with Crippen molar-refractivity contribution in [3.8, 4) is 0 Å². The smallest absolute Gasteiger partial charge is 0.274 e. The molecule has 1 aliphatic heterocycles. The first-order valence-electron chi connectivity index (χ1n) is 11.0. The molecule has 0 aromatic heterocycles. The van der Waals surface area contributed by atoms with Gasteiger partial charge < -0.3 is 4.90 Å². The summed E-state index contributed by atoms with van der Waals surface area (Å²) in [6.45, 7) is 6.30. The fraction of sp³-hybridized carbons (Fsp3) is 0.458. The highest BCUT2D eigenvalue weighted by Crippen LogP contribution is 2.46. The summed E-state index contributed by atoms with van der Waals surface area (Å²) >= 11 is 0. The average Bonchev–Trinajstić information content (AvgIpc) is 2.71. The Morgan fingerprint density at radius 3 is 2.45 bits per heavy atom. The highest BCUT2D eigenvalue weighted by Gasteiger charge is 2.45. The predicted octanol–water partition coefficient (Wildman–Crippen LogP) is 3.71. The van der Waals surface area contributed by atoms with Gasteiger partial charge in [-0.2, -0.15) is 13.1 Å². The first-order chi connectivity index (χ1) is 14.7. The third kappa shape index (κ3) is 4.27. The van der Waals surface area contributed by atoms with Gasteiger partial charge in [0, 0.05) is 23.6 Å². The number of nitrogens with zero attached hydrogens (tertiary/aromatic N) is 1. The summed E-state index contributed by atoms with van der Waals surface area (Å²) in [5.74, 6) is 0.0409. The molecule has 3 N–H and O–H groups in total. The summed E-state index contributed by atoms with van der Waals surface area (Å²) in [6.07, 6.45) is 3.27. The molecule has 2 aliphatic rings. The molecule has 6 nitrogen and oxygen atoms in total. The van der Waals surface area contributed by atoms with Crippen molar-refractivity contribution < 1.29 is 13.2 Å². The topological polar surface area (TPSA) is 92.5 Å². The van der Waals surface area contributed by atoms with E-state index in [1.807, 2.05) is 29.2 Å². The lowest BCUT2D eigenvalue weighted by Gasteiger charge is -2.49. The van der Waals surface area contributed by atoms with Crippen molar-refractivity contribution >= 4 is 16.1 Å². The van der Waals surface area contributed by atoms with E-state index in [0.717, 1.165) is 36.0 Å². The zero-order valence-corrected chi connectivity index (χ0v) is 19.2. The lowest BCUT2D eigenvalue weighted by atomic mass is 9.77. The molecule has 0 bridgehead atoms. The predicted molar refractivity (Wildman–Crippen MR) is 122 cm³/mol. The second-order valence-electron chi connectivity index (χ2n) is 9.01. The third-order valence-electron chi connectivity index (χ3n) is 6.84. The lowest BCUT2D eigenvalue weighted by molar-refractivity contribution is 0.0372. The van der Waals surface area contributed by atoms with Gasteiger partial charge in [0.1, 0.15) is 0 Å². The Hall–Kier alpha value is -2.22. The van der Waals surface area contributed by atoms with Gasteiger partial charge in [-0.25, -0.2) is 5.14 Å². The highest BCUT2D eigenvalue weighted by atomic mass is 32.2. The molecule has 1 fully saturated rings. The SMILES string of the molecule is Cc1ccc([C@H]2[C@H](C)c3ccccc3C(=O)N2[C@H]2CCCC[C@@H]2NS(N)(=O)=O)c(C)c1. The van der Waals surface area contributed by atoms with Crippen LogP contribution in [0.2, 0.25) is 0 Å². The first-order valence-corrected chi connectivity index (χ1v) is 12.5. The number of hydrogen-bond acceptors (Lipinski definition) is 3. The van der Waals surface area contributed by atoms with Crippen molar-refractivity contribution in [2.24, 2.45) is 5.14 Å². The van der Waals surface area contributed by atoms with Gasteiger partial charge in [0.2, 0.25) is 0 Å². The van der Waals surface area contributed by atoms with E-state index < -0.39 is 16.3 Å². The van der Waals surface area contributed by atoms with Crippen LogP contribution in [0.1, 0.15) is 77.2 Å². The fourth-order valence-electron chi connectivity index (χ4n) is 5.49. The molecule has 0 saturated heterocycles. The van der Waals surface area contributed by atoms with E-state index in [2.05, 4.69) is 43.7 Å². The first kappa shape index (κ1) is 22.0. The summed E-state index contributed by atoms with van der Waals surface area (Å²) in [6, 6.07) is 13.3. The molecule has 1 heterocycles. The lowest BCUT2D eigenvalue weighted by Crippen LogP contribution is -2.58. The maximum Gasteiger partial charge on any atom is 0.274 e. The number of carbonyl (C=O) groups excluding carboxylic acids is 1. The van der Waals surface area contributed by atoms with Crippen molar-refractivity contribution in [2.45, 2.75) is 70.5 Å². The van der Waals surface area contributed by atoms with Crippen LogP contribution in [0.4, 0.5) is 0 Å². The number of benzene rings is 2.